The maximum atomic E-state index is 12.4. The van der Waals surface area contributed by atoms with Crippen LogP contribution >= 0.6 is 0 Å². The Balaban J connectivity index is 2.27. The van der Waals surface area contributed by atoms with E-state index in [0.717, 1.165) is 34.8 Å². The number of benzene rings is 1. The lowest BCUT2D eigenvalue weighted by atomic mass is 9.98. The highest BCUT2D eigenvalue weighted by Crippen LogP contribution is 2.30. The molecule has 226 valence electrons. The van der Waals surface area contributed by atoms with Gasteiger partial charge in [0, 0.05) is 27.7 Å². The first-order chi connectivity index (χ1) is 19.4. The standard InChI is InChI=1S/C26H33NO14/c1-14(28)35-13-20-21(38-15(2)29)22(39-16(3)30)23(40-17(4)31)25(41-20)36-12-19(24(32)34-5)27-26(33)37-11-18-9-7-6-8-10-18/h6-10,19-23,25H,11-13H2,1-5H3,(H,27,33)/t19-,20+,21-,22-,23+,25+/m0/s1. The van der Waals surface area contributed by atoms with E-state index in [-0.39, 0.29) is 6.61 Å². The number of rotatable bonds is 12. The van der Waals surface area contributed by atoms with Gasteiger partial charge in [-0.25, -0.2) is 9.59 Å². The van der Waals surface area contributed by atoms with E-state index in [1.807, 2.05) is 0 Å². The van der Waals surface area contributed by atoms with E-state index in [4.69, 9.17) is 37.9 Å². The average molecular weight is 584 g/mol. The van der Waals surface area contributed by atoms with Gasteiger partial charge in [0.25, 0.3) is 0 Å². The molecule has 1 aromatic rings. The number of methoxy groups -OCH3 is 1. The van der Waals surface area contributed by atoms with Gasteiger partial charge in [0.15, 0.2) is 30.6 Å². The predicted molar refractivity (Wildman–Crippen MR) is 133 cm³/mol. The van der Waals surface area contributed by atoms with Crippen LogP contribution in [0.1, 0.15) is 33.3 Å². The molecule has 0 radical (unpaired) electrons. The van der Waals surface area contributed by atoms with Crippen LogP contribution in [0.25, 0.3) is 0 Å². The molecular formula is C26H33NO14. The number of carbonyl (C=O) groups excluding carboxylic acids is 6. The highest BCUT2D eigenvalue weighted by atomic mass is 16.7. The monoisotopic (exact) mass is 583 g/mol. The Labute approximate surface area is 235 Å². The number of hydrogen-bond acceptors (Lipinski definition) is 14. The molecule has 6 atom stereocenters. The fourth-order valence-electron chi connectivity index (χ4n) is 3.73. The summed E-state index contributed by atoms with van der Waals surface area (Å²) in [6.07, 6.45) is -8.16. The van der Waals surface area contributed by atoms with Crippen LogP contribution in [0.15, 0.2) is 30.3 Å². The molecule has 1 fully saturated rings. The van der Waals surface area contributed by atoms with E-state index >= 15 is 0 Å². The topological polar surface area (TPSA) is 188 Å². The van der Waals surface area contributed by atoms with Gasteiger partial charge in [0.05, 0.1) is 13.7 Å². The Morgan fingerprint density at radius 3 is 1.95 bits per heavy atom. The first-order valence-electron chi connectivity index (χ1n) is 12.4. The van der Waals surface area contributed by atoms with Gasteiger partial charge < -0.3 is 43.2 Å². The number of esters is 5. The highest BCUT2D eigenvalue weighted by Gasteiger charge is 2.53. The van der Waals surface area contributed by atoms with Crippen molar-refractivity contribution in [3.8, 4) is 0 Å². The lowest BCUT2D eigenvalue weighted by molar-refractivity contribution is -0.308. The molecule has 1 N–H and O–H groups in total. The summed E-state index contributed by atoms with van der Waals surface area (Å²) in [5.41, 5.74) is 0.700. The maximum absolute atomic E-state index is 12.4. The zero-order chi connectivity index (χ0) is 30.5. The summed E-state index contributed by atoms with van der Waals surface area (Å²) >= 11 is 0. The summed E-state index contributed by atoms with van der Waals surface area (Å²) < 4.78 is 42.3. The third kappa shape index (κ3) is 11.0. The fraction of sp³-hybridized carbons (Fsp3) is 0.538. The summed E-state index contributed by atoms with van der Waals surface area (Å²) in [5.74, 6) is -4.06. The third-order valence-corrected chi connectivity index (χ3v) is 5.37. The van der Waals surface area contributed by atoms with E-state index in [1.54, 1.807) is 30.3 Å². The number of alkyl carbamates (subject to hydrolysis) is 1. The van der Waals surface area contributed by atoms with Crippen molar-refractivity contribution >= 4 is 35.9 Å². The molecule has 0 aromatic heterocycles. The van der Waals surface area contributed by atoms with Crippen LogP contribution in [-0.4, -0.2) is 93.0 Å². The molecule has 15 heteroatoms. The Bertz CT molecular complexity index is 1080. The summed E-state index contributed by atoms with van der Waals surface area (Å²) in [6.45, 7) is 3.20. The Morgan fingerprint density at radius 2 is 1.39 bits per heavy atom. The number of nitrogens with one attached hydrogen (secondary N) is 1. The van der Waals surface area contributed by atoms with Gasteiger partial charge in [-0.05, 0) is 5.56 Å². The van der Waals surface area contributed by atoms with Crippen molar-refractivity contribution in [2.24, 2.45) is 0 Å². The van der Waals surface area contributed by atoms with Crippen LogP contribution in [0.4, 0.5) is 4.79 Å². The third-order valence-electron chi connectivity index (χ3n) is 5.37. The number of hydrogen-bond donors (Lipinski definition) is 1. The Morgan fingerprint density at radius 1 is 0.805 bits per heavy atom. The van der Waals surface area contributed by atoms with Crippen LogP contribution in [-0.2, 0) is 68.5 Å². The summed E-state index contributed by atoms with van der Waals surface area (Å²) in [6, 6.07) is 7.36. The molecular weight excluding hydrogens is 550 g/mol. The van der Waals surface area contributed by atoms with Gasteiger partial charge in [-0.15, -0.1) is 0 Å². The second kappa shape index (κ2) is 16.1. The molecule has 0 aliphatic carbocycles. The molecule has 0 spiro atoms. The van der Waals surface area contributed by atoms with Gasteiger partial charge in [-0.2, -0.15) is 0 Å². The number of carbonyl (C=O) groups is 6. The number of amides is 1. The predicted octanol–water partition coefficient (Wildman–Crippen LogP) is 0.554. The van der Waals surface area contributed by atoms with Crippen LogP contribution < -0.4 is 5.32 Å². The minimum absolute atomic E-state index is 0.0822. The first kappa shape index (κ1) is 33.0. The van der Waals surface area contributed by atoms with Crippen molar-refractivity contribution in [3.05, 3.63) is 35.9 Å². The van der Waals surface area contributed by atoms with Gasteiger partial charge in [0.1, 0.15) is 19.3 Å². The second-order valence-corrected chi connectivity index (χ2v) is 8.68. The van der Waals surface area contributed by atoms with E-state index in [0.29, 0.717) is 5.56 Å². The smallest absolute Gasteiger partial charge is 0.408 e. The Hall–Kier alpha value is -4.24. The van der Waals surface area contributed by atoms with Gasteiger partial charge in [0.2, 0.25) is 0 Å². The summed E-state index contributed by atoms with van der Waals surface area (Å²) in [5, 5.41) is 2.31. The SMILES string of the molecule is COC(=O)[C@H](CO[C@@H]1O[C@H](COC(C)=O)[C@H](OC(C)=O)[C@H](OC(C)=O)[C@H]1OC(C)=O)NC(=O)OCc1ccccc1. The molecule has 1 heterocycles. The van der Waals surface area contributed by atoms with Gasteiger partial charge >= 0.3 is 35.9 Å². The molecule has 0 unspecified atom stereocenters. The van der Waals surface area contributed by atoms with Crippen molar-refractivity contribution in [1.82, 2.24) is 5.32 Å². The highest BCUT2D eigenvalue weighted by molar-refractivity contribution is 5.81. The second-order valence-electron chi connectivity index (χ2n) is 8.68. The van der Waals surface area contributed by atoms with Crippen molar-refractivity contribution < 1.29 is 66.7 Å². The van der Waals surface area contributed by atoms with Crippen LogP contribution in [0, 0.1) is 0 Å². The van der Waals surface area contributed by atoms with Crippen molar-refractivity contribution in [2.45, 2.75) is 71.0 Å². The molecule has 1 saturated heterocycles. The first-order valence-corrected chi connectivity index (χ1v) is 12.4. The molecule has 1 amide bonds. The molecule has 0 bridgehead atoms. The minimum Gasteiger partial charge on any atom is -0.467 e. The lowest BCUT2D eigenvalue weighted by Gasteiger charge is -2.44. The number of ether oxygens (including phenoxy) is 8. The molecule has 1 aromatic carbocycles. The van der Waals surface area contributed by atoms with Gasteiger partial charge in [-0.1, -0.05) is 30.3 Å². The normalized spacial score (nSPS) is 22.3. The zero-order valence-electron chi connectivity index (χ0n) is 23.2. The summed E-state index contributed by atoms with van der Waals surface area (Å²) in [7, 11) is 1.08. The van der Waals surface area contributed by atoms with Crippen LogP contribution in [0.2, 0.25) is 0 Å². The van der Waals surface area contributed by atoms with Crippen molar-refractivity contribution in [1.29, 1.82) is 0 Å². The van der Waals surface area contributed by atoms with Crippen LogP contribution in [0.5, 0.6) is 0 Å². The average Bonchev–Trinajstić information content (AvgIpc) is 2.90. The largest absolute Gasteiger partial charge is 0.467 e. The molecule has 0 saturated carbocycles. The van der Waals surface area contributed by atoms with E-state index in [1.165, 1.54) is 0 Å². The van der Waals surface area contributed by atoms with Gasteiger partial charge in [-0.3, -0.25) is 19.2 Å². The molecule has 2 rings (SSSR count). The molecule has 1 aliphatic rings. The van der Waals surface area contributed by atoms with Crippen molar-refractivity contribution in [2.75, 3.05) is 20.3 Å². The van der Waals surface area contributed by atoms with E-state index < -0.39 is 85.9 Å². The molecule has 1 aliphatic heterocycles. The molecule has 41 heavy (non-hydrogen) atoms. The van der Waals surface area contributed by atoms with E-state index in [2.05, 4.69) is 5.32 Å². The Kier molecular flexibility index (Phi) is 13.0. The lowest BCUT2D eigenvalue weighted by Crippen LogP contribution is -2.63. The molecule has 15 nitrogen and oxygen atoms in total. The minimum atomic E-state index is -1.56. The quantitative estimate of drug-likeness (QED) is 0.265. The maximum Gasteiger partial charge on any atom is 0.408 e. The zero-order valence-corrected chi connectivity index (χ0v) is 23.2. The summed E-state index contributed by atoms with van der Waals surface area (Å²) in [4.78, 5) is 72.0. The van der Waals surface area contributed by atoms with E-state index in [9.17, 15) is 28.8 Å². The fourth-order valence-corrected chi connectivity index (χ4v) is 3.73. The van der Waals surface area contributed by atoms with Crippen LogP contribution in [0.3, 0.4) is 0 Å². The van der Waals surface area contributed by atoms with Crippen molar-refractivity contribution in [3.63, 3.8) is 0 Å².